The highest BCUT2D eigenvalue weighted by Crippen LogP contribution is 2.44. The van der Waals surface area contributed by atoms with Crippen molar-refractivity contribution in [2.24, 2.45) is 0 Å². The summed E-state index contributed by atoms with van der Waals surface area (Å²) in [5, 5.41) is 3.79. The summed E-state index contributed by atoms with van der Waals surface area (Å²) in [5.74, 6) is 0.904. The lowest BCUT2D eigenvalue weighted by Gasteiger charge is -2.15. The Balaban J connectivity index is 2.38. The first-order valence-corrected chi connectivity index (χ1v) is 7.54. The molecule has 114 valence electrons. The van der Waals surface area contributed by atoms with Crippen molar-refractivity contribution in [2.75, 3.05) is 14.2 Å². The van der Waals surface area contributed by atoms with E-state index >= 15 is 0 Å². The lowest BCUT2D eigenvalue weighted by Crippen LogP contribution is -2.01. The number of hydrogen-bond acceptors (Lipinski definition) is 4. The molecule has 1 N–H and O–H groups in total. The van der Waals surface area contributed by atoms with Gasteiger partial charge in [0.15, 0.2) is 11.5 Å². The topological polar surface area (TPSA) is 65.0 Å². The Morgan fingerprint density at radius 2 is 1.55 bits per heavy atom. The molecular formula is C16H14O5S. The molecule has 22 heavy (non-hydrogen) atoms. The summed E-state index contributed by atoms with van der Waals surface area (Å²) < 4.78 is 35.6. The molecule has 3 aromatic rings. The summed E-state index contributed by atoms with van der Waals surface area (Å²) >= 11 is -2.44. The first kappa shape index (κ1) is 14.6. The summed E-state index contributed by atoms with van der Waals surface area (Å²) in [6.07, 6.45) is 0. The van der Waals surface area contributed by atoms with Gasteiger partial charge in [0.25, 0.3) is 0 Å². The van der Waals surface area contributed by atoms with Gasteiger partial charge in [0.1, 0.15) is 0 Å². The fraction of sp³-hybridized carbons (Fsp3) is 0.125. The van der Waals surface area contributed by atoms with Crippen molar-refractivity contribution in [3.05, 3.63) is 42.5 Å². The van der Waals surface area contributed by atoms with Crippen molar-refractivity contribution in [3.8, 4) is 17.2 Å². The van der Waals surface area contributed by atoms with Crippen molar-refractivity contribution in [2.45, 2.75) is 0 Å². The second-order valence-electron chi connectivity index (χ2n) is 4.66. The molecule has 0 saturated heterocycles. The molecule has 0 heterocycles. The molecule has 0 aliphatic rings. The third-order valence-corrected chi connectivity index (χ3v) is 3.77. The monoisotopic (exact) mass is 318 g/mol. The Kier molecular flexibility index (Phi) is 3.87. The van der Waals surface area contributed by atoms with E-state index in [1.807, 2.05) is 36.4 Å². The molecule has 0 aliphatic heterocycles. The molecule has 1 unspecified atom stereocenters. The van der Waals surface area contributed by atoms with Gasteiger partial charge in [-0.15, -0.1) is 0 Å². The molecule has 1 atom stereocenters. The lowest BCUT2D eigenvalue weighted by atomic mass is 10.0. The van der Waals surface area contributed by atoms with Gasteiger partial charge in [0.2, 0.25) is 5.75 Å². The zero-order valence-corrected chi connectivity index (χ0v) is 12.8. The second-order valence-corrected chi connectivity index (χ2v) is 5.26. The molecule has 0 aliphatic carbocycles. The number of fused-ring (bicyclic) bond motifs is 2. The second kappa shape index (κ2) is 5.82. The van der Waals surface area contributed by atoms with Crippen molar-refractivity contribution in [1.29, 1.82) is 0 Å². The quantitative estimate of drug-likeness (QED) is 0.589. The van der Waals surface area contributed by atoms with Crippen LogP contribution in [0.4, 0.5) is 0 Å². The highest BCUT2D eigenvalue weighted by Gasteiger charge is 2.18. The van der Waals surface area contributed by atoms with Crippen LogP contribution in [0.2, 0.25) is 0 Å². The lowest BCUT2D eigenvalue weighted by molar-refractivity contribution is 0.345. The molecule has 0 spiro atoms. The summed E-state index contributed by atoms with van der Waals surface area (Å²) in [4.78, 5) is 0. The van der Waals surface area contributed by atoms with E-state index in [9.17, 15) is 4.21 Å². The van der Waals surface area contributed by atoms with Crippen LogP contribution in [-0.4, -0.2) is 23.0 Å². The predicted molar refractivity (Wildman–Crippen MR) is 86.0 cm³/mol. The Hall–Kier alpha value is -2.31. The van der Waals surface area contributed by atoms with Gasteiger partial charge in [-0.05, 0) is 34.4 Å². The van der Waals surface area contributed by atoms with Crippen molar-refractivity contribution < 1.29 is 22.4 Å². The molecule has 0 bridgehead atoms. The average molecular weight is 318 g/mol. The van der Waals surface area contributed by atoms with Gasteiger partial charge in [0.05, 0.1) is 14.2 Å². The van der Waals surface area contributed by atoms with E-state index in [1.165, 1.54) is 14.2 Å². The molecule has 0 amide bonds. The Labute approximate surface area is 129 Å². The van der Waals surface area contributed by atoms with Gasteiger partial charge < -0.3 is 13.7 Å². The minimum Gasteiger partial charge on any atom is -0.492 e. The Morgan fingerprint density at radius 3 is 2.14 bits per heavy atom. The van der Waals surface area contributed by atoms with Gasteiger partial charge in [-0.2, -0.15) is 4.21 Å². The van der Waals surface area contributed by atoms with E-state index < -0.39 is 11.4 Å². The summed E-state index contributed by atoms with van der Waals surface area (Å²) in [6.45, 7) is 0. The van der Waals surface area contributed by atoms with Crippen LogP contribution in [0.3, 0.4) is 0 Å². The Bertz CT molecular complexity index is 875. The predicted octanol–water partition coefficient (Wildman–Crippen LogP) is 3.53. The third kappa shape index (κ3) is 2.47. The van der Waals surface area contributed by atoms with E-state index in [0.29, 0.717) is 5.75 Å². The molecule has 0 saturated carbocycles. The first-order chi connectivity index (χ1) is 10.6. The highest BCUT2D eigenvalue weighted by atomic mass is 32.2. The highest BCUT2D eigenvalue weighted by molar-refractivity contribution is 7.74. The number of hydrogen-bond donors (Lipinski definition) is 1. The van der Waals surface area contributed by atoms with E-state index in [4.69, 9.17) is 18.2 Å². The maximum absolute atomic E-state index is 11.0. The SMILES string of the molecule is COc1c(OS(=O)O)cc2cc3ccccc3cc2c1OC. The summed E-state index contributed by atoms with van der Waals surface area (Å²) in [7, 11) is 2.98. The number of benzene rings is 3. The van der Waals surface area contributed by atoms with Crippen LogP contribution in [-0.2, 0) is 11.4 Å². The van der Waals surface area contributed by atoms with E-state index in [1.54, 1.807) is 6.07 Å². The van der Waals surface area contributed by atoms with Crippen LogP contribution in [0, 0.1) is 0 Å². The zero-order valence-electron chi connectivity index (χ0n) is 12.0. The summed E-state index contributed by atoms with van der Waals surface area (Å²) in [5.41, 5.74) is 0. The minimum absolute atomic E-state index is 0.156. The van der Waals surface area contributed by atoms with Gasteiger partial charge in [-0.3, -0.25) is 4.55 Å². The van der Waals surface area contributed by atoms with Crippen LogP contribution in [0.15, 0.2) is 42.5 Å². The van der Waals surface area contributed by atoms with Crippen LogP contribution >= 0.6 is 0 Å². The third-order valence-electron chi connectivity index (χ3n) is 3.45. The van der Waals surface area contributed by atoms with Crippen LogP contribution in [0.25, 0.3) is 21.5 Å². The Morgan fingerprint density at radius 1 is 0.909 bits per heavy atom. The number of ether oxygens (including phenoxy) is 2. The van der Waals surface area contributed by atoms with E-state index in [0.717, 1.165) is 21.5 Å². The van der Waals surface area contributed by atoms with Crippen molar-refractivity contribution in [1.82, 2.24) is 0 Å². The minimum atomic E-state index is -2.44. The molecule has 6 heteroatoms. The zero-order chi connectivity index (χ0) is 15.7. The molecule has 5 nitrogen and oxygen atoms in total. The maximum atomic E-state index is 11.0. The molecule has 0 aromatic heterocycles. The van der Waals surface area contributed by atoms with Crippen LogP contribution < -0.4 is 13.7 Å². The largest absolute Gasteiger partial charge is 0.492 e. The van der Waals surface area contributed by atoms with Gasteiger partial charge in [0, 0.05) is 5.39 Å². The number of methoxy groups -OCH3 is 2. The first-order valence-electron chi connectivity index (χ1n) is 6.50. The molecule has 3 aromatic carbocycles. The average Bonchev–Trinajstić information content (AvgIpc) is 2.51. The maximum Gasteiger partial charge on any atom is 0.357 e. The van der Waals surface area contributed by atoms with E-state index in [2.05, 4.69) is 0 Å². The normalized spacial score (nSPS) is 12.3. The molecular weight excluding hydrogens is 304 g/mol. The summed E-state index contributed by atoms with van der Waals surface area (Å²) in [6, 6.07) is 13.5. The van der Waals surface area contributed by atoms with E-state index in [-0.39, 0.29) is 11.5 Å². The van der Waals surface area contributed by atoms with Gasteiger partial charge in [-0.25, -0.2) is 0 Å². The van der Waals surface area contributed by atoms with Crippen LogP contribution in [0.1, 0.15) is 0 Å². The smallest absolute Gasteiger partial charge is 0.357 e. The molecule has 0 radical (unpaired) electrons. The van der Waals surface area contributed by atoms with Crippen LogP contribution in [0.5, 0.6) is 17.2 Å². The molecule has 3 rings (SSSR count). The molecule has 0 fully saturated rings. The number of rotatable bonds is 4. The fourth-order valence-corrected chi connectivity index (χ4v) is 2.83. The van der Waals surface area contributed by atoms with Gasteiger partial charge in [-0.1, -0.05) is 24.3 Å². The van der Waals surface area contributed by atoms with Gasteiger partial charge >= 0.3 is 11.4 Å². The van der Waals surface area contributed by atoms with Crippen molar-refractivity contribution >= 4 is 32.9 Å². The fourth-order valence-electron chi connectivity index (χ4n) is 2.55. The standard InChI is InChI=1S/C16H14O5S/c1-19-15-13-8-11-6-4-3-5-10(11)7-12(13)9-14(16(15)20-2)21-22(17)18/h3-9H,1-2H3,(H,17,18). The van der Waals surface area contributed by atoms with Crippen molar-refractivity contribution in [3.63, 3.8) is 0 Å².